The van der Waals surface area contributed by atoms with Gasteiger partial charge in [0.1, 0.15) is 11.2 Å². The van der Waals surface area contributed by atoms with Gasteiger partial charge in [0.05, 0.1) is 0 Å². The topological polar surface area (TPSA) is 25.2 Å². The van der Waals surface area contributed by atoms with Gasteiger partial charge in [-0.05, 0) is 77.4 Å². The zero-order chi connectivity index (χ0) is 22.5. The fourth-order valence-corrected chi connectivity index (χ4v) is 5.52. The van der Waals surface area contributed by atoms with Gasteiger partial charge in [0, 0.05) is 27.7 Å². The van der Waals surface area contributed by atoms with Crippen LogP contribution >= 0.6 is 0 Å². The monoisotopic (exact) mass is 439 g/mol. The minimum Gasteiger partial charge on any atom is -0.455 e. The van der Waals surface area contributed by atoms with Crippen LogP contribution in [0.3, 0.4) is 0 Å². The second-order valence-corrected chi connectivity index (χ2v) is 9.24. The maximum absolute atomic E-state index is 6.61. The number of nitrogens with one attached hydrogen (secondary N) is 1. The summed E-state index contributed by atoms with van der Waals surface area (Å²) in [5.41, 5.74) is 9.31. The van der Waals surface area contributed by atoms with Gasteiger partial charge < -0.3 is 9.73 Å². The van der Waals surface area contributed by atoms with Gasteiger partial charge in [-0.3, -0.25) is 0 Å². The largest absolute Gasteiger partial charge is 0.455 e. The SMILES string of the molecule is C1=CC(Nc2cc(-c3cccc4c3CCC=C4)c3oc4ccc5ccccc5c4c3c2)=CCC1. The maximum atomic E-state index is 6.61. The van der Waals surface area contributed by atoms with E-state index < -0.39 is 0 Å². The molecular weight excluding hydrogens is 414 g/mol. The van der Waals surface area contributed by atoms with Crippen LogP contribution in [0, 0.1) is 0 Å². The van der Waals surface area contributed by atoms with Gasteiger partial charge in [0.15, 0.2) is 0 Å². The van der Waals surface area contributed by atoms with Gasteiger partial charge in [-0.15, -0.1) is 0 Å². The number of furan rings is 1. The van der Waals surface area contributed by atoms with Gasteiger partial charge in [-0.1, -0.05) is 72.8 Å². The molecule has 0 radical (unpaired) electrons. The molecule has 0 saturated heterocycles. The number of hydrogen-bond donors (Lipinski definition) is 1. The van der Waals surface area contributed by atoms with Crippen molar-refractivity contribution >= 4 is 44.5 Å². The minimum atomic E-state index is 0.938. The van der Waals surface area contributed by atoms with Gasteiger partial charge in [-0.25, -0.2) is 0 Å². The van der Waals surface area contributed by atoms with Crippen molar-refractivity contribution in [3.05, 3.63) is 108 Å². The first-order valence-corrected chi connectivity index (χ1v) is 12.2. The van der Waals surface area contributed by atoms with E-state index in [1.807, 2.05) is 0 Å². The Labute approximate surface area is 198 Å². The molecule has 0 unspecified atom stereocenters. The summed E-state index contributed by atoms with van der Waals surface area (Å²) in [6.45, 7) is 0. The van der Waals surface area contributed by atoms with Crippen LogP contribution in [0.1, 0.15) is 30.4 Å². The molecule has 1 heterocycles. The smallest absolute Gasteiger partial charge is 0.143 e. The van der Waals surface area contributed by atoms with Crippen molar-refractivity contribution in [3.63, 3.8) is 0 Å². The normalized spacial score (nSPS) is 15.1. The van der Waals surface area contributed by atoms with Crippen LogP contribution in [0.2, 0.25) is 0 Å². The molecule has 0 bridgehead atoms. The van der Waals surface area contributed by atoms with Crippen LogP contribution in [0.15, 0.2) is 101 Å². The highest BCUT2D eigenvalue weighted by atomic mass is 16.3. The van der Waals surface area contributed by atoms with Gasteiger partial charge in [0.25, 0.3) is 0 Å². The standard InChI is InChI=1S/C32H25NO/c1-2-12-23(13-3-1)33-24-19-28(27-16-8-11-21-9-4-6-14-25(21)27)32-29(20-24)31-26-15-7-5-10-22(26)17-18-30(31)34-32/h2,4-5,7-13,15-20,33H,1,3,6,14H2. The third-order valence-electron chi connectivity index (χ3n) is 7.11. The molecule has 2 aliphatic rings. The summed E-state index contributed by atoms with van der Waals surface area (Å²) < 4.78 is 6.61. The predicted octanol–water partition coefficient (Wildman–Crippen LogP) is 9.01. The first kappa shape index (κ1) is 19.4. The summed E-state index contributed by atoms with van der Waals surface area (Å²) in [5.74, 6) is 0. The lowest BCUT2D eigenvalue weighted by atomic mass is 9.88. The molecule has 0 saturated carbocycles. The minimum absolute atomic E-state index is 0.938. The Hall–Kier alpha value is -4.04. The Morgan fingerprint density at radius 2 is 1.68 bits per heavy atom. The van der Waals surface area contributed by atoms with E-state index in [-0.39, 0.29) is 0 Å². The summed E-state index contributed by atoms with van der Waals surface area (Å²) in [4.78, 5) is 0. The molecule has 0 spiro atoms. The van der Waals surface area contributed by atoms with E-state index >= 15 is 0 Å². The Morgan fingerprint density at radius 1 is 0.735 bits per heavy atom. The third kappa shape index (κ3) is 3.10. The zero-order valence-corrected chi connectivity index (χ0v) is 19.0. The highest BCUT2D eigenvalue weighted by Gasteiger charge is 2.19. The number of rotatable bonds is 3. The van der Waals surface area contributed by atoms with Crippen LogP contribution in [0.4, 0.5) is 5.69 Å². The van der Waals surface area contributed by atoms with Crippen molar-refractivity contribution < 1.29 is 4.42 Å². The summed E-state index contributed by atoms with van der Waals surface area (Å²) in [6, 6.07) is 24.0. The van der Waals surface area contributed by atoms with Crippen molar-refractivity contribution in [1.82, 2.24) is 0 Å². The number of anilines is 1. The molecule has 1 N–H and O–H groups in total. The highest BCUT2D eigenvalue weighted by molar-refractivity contribution is 6.21. The Bertz CT molecular complexity index is 1680. The van der Waals surface area contributed by atoms with Crippen LogP contribution in [0.5, 0.6) is 0 Å². The van der Waals surface area contributed by atoms with E-state index in [0.717, 1.165) is 59.2 Å². The predicted molar refractivity (Wildman–Crippen MR) is 144 cm³/mol. The van der Waals surface area contributed by atoms with Gasteiger partial charge in [0.2, 0.25) is 0 Å². The molecule has 2 nitrogen and oxygen atoms in total. The van der Waals surface area contributed by atoms with Crippen molar-refractivity contribution in [1.29, 1.82) is 0 Å². The molecule has 0 atom stereocenters. The number of benzene rings is 4. The average Bonchev–Trinajstić information content (AvgIpc) is 3.28. The van der Waals surface area contributed by atoms with E-state index in [0.29, 0.717) is 0 Å². The summed E-state index contributed by atoms with van der Waals surface area (Å²) in [6.07, 6.45) is 15.5. The lowest BCUT2D eigenvalue weighted by Crippen LogP contribution is -2.01. The van der Waals surface area contributed by atoms with Crippen LogP contribution < -0.4 is 5.32 Å². The van der Waals surface area contributed by atoms with Crippen molar-refractivity contribution in [2.75, 3.05) is 5.32 Å². The van der Waals surface area contributed by atoms with Crippen molar-refractivity contribution in [2.24, 2.45) is 0 Å². The van der Waals surface area contributed by atoms with E-state index in [9.17, 15) is 0 Å². The van der Waals surface area contributed by atoms with Crippen LogP contribution in [0.25, 0.3) is 49.9 Å². The number of allylic oxidation sites excluding steroid dienone is 4. The van der Waals surface area contributed by atoms with Crippen molar-refractivity contribution in [2.45, 2.75) is 25.7 Å². The number of hydrogen-bond acceptors (Lipinski definition) is 2. The molecule has 4 aromatic carbocycles. The van der Waals surface area contributed by atoms with E-state index in [2.05, 4.69) is 102 Å². The Balaban J connectivity index is 1.55. The molecule has 2 heteroatoms. The second-order valence-electron chi connectivity index (χ2n) is 9.24. The molecule has 0 aliphatic heterocycles. The van der Waals surface area contributed by atoms with Crippen LogP contribution in [-0.4, -0.2) is 0 Å². The third-order valence-corrected chi connectivity index (χ3v) is 7.11. The maximum Gasteiger partial charge on any atom is 0.143 e. The fraction of sp³-hybridized carbons (Fsp3) is 0.125. The first-order valence-electron chi connectivity index (χ1n) is 12.2. The lowest BCUT2D eigenvalue weighted by Gasteiger charge is -2.17. The molecule has 164 valence electrons. The first-order chi connectivity index (χ1) is 16.8. The van der Waals surface area contributed by atoms with E-state index in [1.54, 1.807) is 0 Å². The lowest BCUT2D eigenvalue weighted by molar-refractivity contribution is 0.670. The average molecular weight is 440 g/mol. The van der Waals surface area contributed by atoms with Crippen LogP contribution in [-0.2, 0) is 6.42 Å². The number of fused-ring (bicyclic) bond motifs is 6. The molecule has 7 rings (SSSR count). The van der Waals surface area contributed by atoms with Gasteiger partial charge in [-0.2, -0.15) is 0 Å². The molecular formula is C32H25NO. The van der Waals surface area contributed by atoms with Crippen molar-refractivity contribution in [3.8, 4) is 11.1 Å². The summed E-state index contributed by atoms with van der Waals surface area (Å²) in [7, 11) is 0. The van der Waals surface area contributed by atoms with E-state index in [1.165, 1.54) is 32.8 Å². The highest BCUT2D eigenvalue weighted by Crippen LogP contribution is 2.43. The molecule has 0 fully saturated rings. The molecule has 2 aliphatic carbocycles. The molecule has 0 amide bonds. The fourth-order valence-electron chi connectivity index (χ4n) is 5.52. The molecule has 5 aromatic rings. The van der Waals surface area contributed by atoms with Gasteiger partial charge >= 0.3 is 0 Å². The second kappa shape index (κ2) is 7.78. The Kier molecular flexibility index (Phi) is 4.44. The van der Waals surface area contributed by atoms with E-state index in [4.69, 9.17) is 4.42 Å². The quantitative estimate of drug-likeness (QED) is 0.303. The molecule has 34 heavy (non-hydrogen) atoms. The zero-order valence-electron chi connectivity index (χ0n) is 19.0. The molecule has 1 aromatic heterocycles. The summed E-state index contributed by atoms with van der Waals surface area (Å²) in [5, 5.41) is 8.51. The summed E-state index contributed by atoms with van der Waals surface area (Å²) >= 11 is 0. The Morgan fingerprint density at radius 3 is 2.62 bits per heavy atom.